The maximum Gasteiger partial charge on any atom is 0.283 e. The Morgan fingerprint density at radius 2 is 1.93 bits per heavy atom. The average molecular weight is 396 g/mol. The molecule has 1 atom stereocenters. The van der Waals surface area contributed by atoms with Crippen LogP contribution in [0.5, 0.6) is 11.5 Å². The Morgan fingerprint density at radius 3 is 2.70 bits per heavy atom. The van der Waals surface area contributed by atoms with E-state index in [0.717, 1.165) is 33.7 Å². The first-order chi connectivity index (χ1) is 14.7. The summed E-state index contributed by atoms with van der Waals surface area (Å²) >= 11 is 0. The van der Waals surface area contributed by atoms with Crippen LogP contribution in [0.25, 0.3) is 17.2 Å². The minimum Gasteiger partial charge on any atom is -0.462 e. The number of aliphatic imine (C=N–C) groups is 1. The van der Waals surface area contributed by atoms with Crippen LogP contribution in [-0.4, -0.2) is 22.6 Å². The molecular formula is C24H20N4O2. The highest BCUT2D eigenvalue weighted by atomic mass is 16.5. The van der Waals surface area contributed by atoms with Gasteiger partial charge in [0.05, 0.1) is 11.9 Å². The lowest BCUT2D eigenvalue weighted by Crippen LogP contribution is -2.31. The molecule has 30 heavy (non-hydrogen) atoms. The Kier molecular flexibility index (Phi) is 3.68. The number of fused-ring (bicyclic) bond motifs is 4. The molecule has 4 heterocycles. The zero-order chi connectivity index (χ0) is 20.1. The fraction of sp³-hybridized carbons (Fsp3) is 0.208. The molecular weight excluding hydrogens is 376 g/mol. The average Bonchev–Trinajstić information content (AvgIpc) is 3.54. The predicted octanol–water partition coefficient (Wildman–Crippen LogP) is 4.26. The quantitative estimate of drug-likeness (QED) is 0.715. The second kappa shape index (κ2) is 6.42. The van der Waals surface area contributed by atoms with Crippen LogP contribution < -0.4 is 10.5 Å². The first-order valence-corrected chi connectivity index (χ1v) is 10.1. The van der Waals surface area contributed by atoms with Crippen molar-refractivity contribution in [3.05, 3.63) is 77.9 Å². The molecule has 1 aromatic carbocycles. The Balaban J connectivity index is 1.51. The van der Waals surface area contributed by atoms with Crippen molar-refractivity contribution in [1.82, 2.24) is 9.97 Å². The highest BCUT2D eigenvalue weighted by Gasteiger charge is 2.47. The number of benzene rings is 1. The second-order valence-electron chi connectivity index (χ2n) is 7.96. The van der Waals surface area contributed by atoms with E-state index in [1.54, 1.807) is 12.4 Å². The van der Waals surface area contributed by atoms with Gasteiger partial charge in [0, 0.05) is 29.1 Å². The number of rotatable bonds is 3. The summed E-state index contributed by atoms with van der Waals surface area (Å²) in [6.45, 7) is 0.328. The van der Waals surface area contributed by atoms with Crippen molar-refractivity contribution in [2.24, 2.45) is 16.6 Å². The normalized spacial score (nSPS) is 21.7. The van der Waals surface area contributed by atoms with Crippen molar-refractivity contribution >= 4 is 12.1 Å². The van der Waals surface area contributed by atoms with Crippen molar-refractivity contribution in [3.8, 4) is 22.6 Å². The Morgan fingerprint density at radius 1 is 1.03 bits per heavy atom. The Hall–Kier alpha value is -3.67. The van der Waals surface area contributed by atoms with Gasteiger partial charge < -0.3 is 15.2 Å². The molecule has 1 saturated carbocycles. The van der Waals surface area contributed by atoms with Gasteiger partial charge in [0.25, 0.3) is 6.02 Å². The molecule has 0 amide bonds. The maximum atomic E-state index is 6.22. The molecule has 0 saturated heterocycles. The molecule has 2 aromatic heterocycles. The van der Waals surface area contributed by atoms with Gasteiger partial charge in [-0.2, -0.15) is 0 Å². The van der Waals surface area contributed by atoms with E-state index in [-0.39, 0.29) is 6.02 Å². The molecule has 1 spiro atoms. The van der Waals surface area contributed by atoms with Crippen LogP contribution in [0.1, 0.15) is 29.7 Å². The summed E-state index contributed by atoms with van der Waals surface area (Å²) in [6.07, 6.45) is 12.2. The van der Waals surface area contributed by atoms with E-state index in [1.807, 2.05) is 36.5 Å². The predicted molar refractivity (Wildman–Crippen MR) is 114 cm³/mol. The molecule has 3 aromatic rings. The molecule has 0 radical (unpaired) electrons. The second-order valence-corrected chi connectivity index (χ2v) is 7.96. The zero-order valence-corrected chi connectivity index (χ0v) is 16.3. The minimum atomic E-state index is -0.754. The number of allylic oxidation sites excluding steroid dienone is 1. The third-order valence-corrected chi connectivity index (χ3v) is 5.87. The van der Waals surface area contributed by atoms with Crippen LogP contribution in [0, 0.1) is 5.92 Å². The van der Waals surface area contributed by atoms with Crippen LogP contribution in [0.2, 0.25) is 0 Å². The van der Waals surface area contributed by atoms with Crippen molar-refractivity contribution in [3.63, 3.8) is 0 Å². The van der Waals surface area contributed by atoms with Gasteiger partial charge in [0.15, 0.2) is 11.3 Å². The molecule has 0 bridgehead atoms. The molecule has 6 heteroatoms. The number of aromatic nitrogens is 2. The summed E-state index contributed by atoms with van der Waals surface area (Å²) in [4.78, 5) is 13.6. The topological polar surface area (TPSA) is 82.6 Å². The van der Waals surface area contributed by atoms with E-state index in [0.29, 0.717) is 18.3 Å². The summed E-state index contributed by atoms with van der Waals surface area (Å²) in [7, 11) is 0. The fourth-order valence-electron chi connectivity index (χ4n) is 4.10. The lowest BCUT2D eigenvalue weighted by Gasteiger charge is -2.33. The Labute approximate surface area is 174 Å². The lowest BCUT2D eigenvalue weighted by molar-refractivity contribution is 0.264. The van der Waals surface area contributed by atoms with Gasteiger partial charge in [-0.15, -0.1) is 0 Å². The van der Waals surface area contributed by atoms with Crippen molar-refractivity contribution in [2.45, 2.75) is 18.4 Å². The van der Waals surface area contributed by atoms with Gasteiger partial charge in [0.1, 0.15) is 12.4 Å². The molecule has 2 aliphatic heterocycles. The van der Waals surface area contributed by atoms with Crippen molar-refractivity contribution in [2.75, 3.05) is 6.61 Å². The standard InChI is InChI=1S/C24H20N4O2/c25-23-28-24(14-29-23)19-10-16(17-2-1-9-26-12-17)6-8-21(19)30-22-13-27-18(11-20(22)24)7-5-15-3-4-15/h1-2,5-13,15H,3-4,14H2,(H2,25,28)/b7-5+/t24-/m0/s1. The Bertz CT molecular complexity index is 1200. The van der Waals surface area contributed by atoms with Crippen molar-refractivity contribution < 1.29 is 9.47 Å². The number of nitrogens with two attached hydrogens (primary N) is 1. The van der Waals surface area contributed by atoms with Gasteiger partial charge >= 0.3 is 0 Å². The van der Waals surface area contributed by atoms with Crippen LogP contribution in [0.4, 0.5) is 0 Å². The molecule has 6 rings (SSSR count). The number of hydrogen-bond donors (Lipinski definition) is 1. The molecule has 148 valence electrons. The van der Waals surface area contributed by atoms with E-state index in [1.165, 1.54) is 12.8 Å². The van der Waals surface area contributed by atoms with Crippen LogP contribution in [0.15, 0.2) is 66.1 Å². The molecule has 0 unspecified atom stereocenters. The van der Waals surface area contributed by atoms with Crippen LogP contribution in [0.3, 0.4) is 0 Å². The van der Waals surface area contributed by atoms with E-state index < -0.39 is 5.54 Å². The lowest BCUT2D eigenvalue weighted by atomic mass is 9.80. The van der Waals surface area contributed by atoms with Gasteiger partial charge in [-0.25, -0.2) is 4.99 Å². The molecule has 1 fully saturated rings. The molecule has 1 aliphatic carbocycles. The largest absolute Gasteiger partial charge is 0.462 e. The number of ether oxygens (including phenoxy) is 2. The highest BCUT2D eigenvalue weighted by molar-refractivity contribution is 5.78. The number of amidine groups is 1. The van der Waals surface area contributed by atoms with E-state index in [4.69, 9.17) is 20.2 Å². The van der Waals surface area contributed by atoms with Crippen LogP contribution in [-0.2, 0) is 10.3 Å². The first kappa shape index (κ1) is 17.2. The third kappa shape index (κ3) is 2.76. The fourth-order valence-corrected chi connectivity index (χ4v) is 4.10. The smallest absolute Gasteiger partial charge is 0.283 e. The zero-order valence-electron chi connectivity index (χ0n) is 16.3. The first-order valence-electron chi connectivity index (χ1n) is 10.1. The van der Waals surface area contributed by atoms with Gasteiger partial charge in [0.2, 0.25) is 0 Å². The molecule has 3 aliphatic rings. The maximum absolute atomic E-state index is 6.22. The summed E-state index contributed by atoms with van der Waals surface area (Å²) < 4.78 is 11.9. The summed E-state index contributed by atoms with van der Waals surface area (Å²) in [5.41, 5.74) is 10.0. The summed E-state index contributed by atoms with van der Waals surface area (Å²) in [5.74, 6) is 2.10. The number of hydrogen-bond acceptors (Lipinski definition) is 6. The number of pyridine rings is 2. The molecule has 6 nitrogen and oxygen atoms in total. The van der Waals surface area contributed by atoms with Gasteiger partial charge in [-0.1, -0.05) is 18.2 Å². The number of nitrogens with zero attached hydrogens (tertiary/aromatic N) is 3. The van der Waals surface area contributed by atoms with E-state index in [9.17, 15) is 0 Å². The van der Waals surface area contributed by atoms with Crippen molar-refractivity contribution in [1.29, 1.82) is 0 Å². The third-order valence-electron chi connectivity index (χ3n) is 5.87. The minimum absolute atomic E-state index is 0.187. The van der Waals surface area contributed by atoms with Crippen LogP contribution >= 0.6 is 0 Å². The van der Waals surface area contributed by atoms with E-state index in [2.05, 4.69) is 28.2 Å². The van der Waals surface area contributed by atoms with E-state index >= 15 is 0 Å². The van der Waals surface area contributed by atoms with Gasteiger partial charge in [-0.05, 0) is 54.7 Å². The summed E-state index contributed by atoms with van der Waals surface area (Å²) in [5, 5.41) is 0. The van der Waals surface area contributed by atoms with Gasteiger partial charge in [-0.3, -0.25) is 9.97 Å². The molecule has 2 N–H and O–H groups in total. The SMILES string of the molecule is NC1=N[C@@]2(CO1)c1cc(-c3cccnc3)ccc1Oc1cnc(/C=C/C3CC3)cc12. The summed E-state index contributed by atoms with van der Waals surface area (Å²) in [6, 6.07) is 12.3. The monoisotopic (exact) mass is 396 g/mol. The highest BCUT2D eigenvalue weighted by Crippen LogP contribution is 2.51.